The molecule has 0 fully saturated rings. The van der Waals surface area contributed by atoms with Crippen molar-refractivity contribution < 1.29 is 4.43 Å². The van der Waals surface area contributed by atoms with Crippen LogP contribution in [0.3, 0.4) is 0 Å². The van der Waals surface area contributed by atoms with Crippen LogP contribution in [-0.4, -0.2) is 24.5 Å². The molecule has 0 aliphatic heterocycles. The van der Waals surface area contributed by atoms with Crippen LogP contribution in [0.4, 0.5) is 0 Å². The Hall–Kier alpha value is -2.17. The van der Waals surface area contributed by atoms with E-state index in [9.17, 15) is 0 Å². The third-order valence-electron chi connectivity index (χ3n) is 6.04. The van der Waals surface area contributed by atoms with Crippen LogP contribution in [0.2, 0.25) is 18.1 Å². The lowest BCUT2D eigenvalue weighted by Gasteiger charge is -2.36. The highest BCUT2D eigenvalue weighted by Gasteiger charge is 2.36. The average molecular weight is 407 g/mol. The minimum atomic E-state index is -1.68. The molecule has 0 amide bonds. The molecule has 4 heteroatoms. The Balaban J connectivity index is 1.71. The Bertz CT molecular complexity index is 922. The first-order valence-corrected chi connectivity index (χ1v) is 13.5. The van der Waals surface area contributed by atoms with Crippen molar-refractivity contribution in [3.05, 3.63) is 72.2 Å². The summed E-state index contributed by atoms with van der Waals surface area (Å²) in [4.78, 5) is 4.84. The smallest absolute Gasteiger partial charge is 0.191 e. The molecule has 29 heavy (non-hydrogen) atoms. The van der Waals surface area contributed by atoms with E-state index in [0.29, 0.717) is 0 Å². The molecule has 0 unspecified atom stereocenters. The molecule has 0 aliphatic carbocycles. The molecule has 0 atom stereocenters. The Morgan fingerprint density at radius 1 is 0.966 bits per heavy atom. The minimum absolute atomic E-state index is 0.255. The number of aromatic nitrogens is 2. The standard InChI is InChI=1S/C25H34N2OSi/c1-7-24-26-23(21-11-9-8-10-12-21)19-27(24)22-15-13-20(14-16-22)17-18-28-29(5,6)25(2,3)4/h8-16,19H,7,17-18H2,1-6H3. The van der Waals surface area contributed by atoms with E-state index in [4.69, 9.17) is 9.41 Å². The van der Waals surface area contributed by atoms with Crippen LogP contribution in [-0.2, 0) is 17.3 Å². The van der Waals surface area contributed by atoms with Gasteiger partial charge in [0.25, 0.3) is 0 Å². The lowest BCUT2D eigenvalue weighted by molar-refractivity contribution is 0.292. The van der Waals surface area contributed by atoms with Crippen molar-refractivity contribution >= 4 is 8.32 Å². The van der Waals surface area contributed by atoms with Gasteiger partial charge in [0.15, 0.2) is 8.32 Å². The number of aryl methyl sites for hydroxylation is 1. The summed E-state index contributed by atoms with van der Waals surface area (Å²) in [6, 6.07) is 19.2. The van der Waals surface area contributed by atoms with E-state index in [2.05, 4.69) is 100 Å². The highest BCUT2D eigenvalue weighted by molar-refractivity contribution is 6.74. The van der Waals surface area contributed by atoms with Crippen LogP contribution in [0.25, 0.3) is 16.9 Å². The maximum atomic E-state index is 6.33. The van der Waals surface area contributed by atoms with E-state index in [1.165, 1.54) is 5.56 Å². The van der Waals surface area contributed by atoms with Crippen LogP contribution < -0.4 is 0 Å². The van der Waals surface area contributed by atoms with Crippen molar-refractivity contribution in [3.8, 4) is 16.9 Å². The summed E-state index contributed by atoms with van der Waals surface area (Å²) in [5.74, 6) is 1.08. The van der Waals surface area contributed by atoms with Gasteiger partial charge < -0.3 is 8.99 Å². The second-order valence-corrected chi connectivity index (χ2v) is 14.0. The summed E-state index contributed by atoms with van der Waals surface area (Å²) < 4.78 is 8.53. The van der Waals surface area contributed by atoms with Crippen molar-refractivity contribution in [2.24, 2.45) is 0 Å². The fraction of sp³-hybridized carbons (Fsp3) is 0.400. The van der Waals surface area contributed by atoms with Gasteiger partial charge in [-0.05, 0) is 42.2 Å². The number of nitrogens with zero attached hydrogens (tertiary/aromatic N) is 2. The number of benzene rings is 2. The Morgan fingerprint density at radius 2 is 1.62 bits per heavy atom. The van der Waals surface area contributed by atoms with Crippen molar-refractivity contribution in [3.63, 3.8) is 0 Å². The fourth-order valence-electron chi connectivity index (χ4n) is 3.10. The normalized spacial score (nSPS) is 12.3. The van der Waals surface area contributed by atoms with Gasteiger partial charge in [0.2, 0.25) is 0 Å². The van der Waals surface area contributed by atoms with Crippen molar-refractivity contribution in [2.75, 3.05) is 6.61 Å². The number of imidazole rings is 1. The third kappa shape index (κ3) is 5.06. The van der Waals surface area contributed by atoms with Gasteiger partial charge in [-0.3, -0.25) is 0 Å². The maximum Gasteiger partial charge on any atom is 0.191 e. The molecule has 0 saturated carbocycles. The van der Waals surface area contributed by atoms with Gasteiger partial charge in [-0.2, -0.15) is 0 Å². The van der Waals surface area contributed by atoms with E-state index in [1.54, 1.807) is 0 Å². The summed E-state index contributed by atoms with van der Waals surface area (Å²) >= 11 is 0. The predicted octanol–water partition coefficient (Wildman–Crippen LogP) is 6.67. The molecule has 0 N–H and O–H groups in total. The van der Waals surface area contributed by atoms with Crippen LogP contribution in [0.15, 0.2) is 60.8 Å². The summed E-state index contributed by atoms with van der Waals surface area (Å²) in [5.41, 5.74) is 4.65. The largest absolute Gasteiger partial charge is 0.416 e. The second-order valence-electron chi connectivity index (χ2n) is 9.16. The number of hydrogen-bond acceptors (Lipinski definition) is 2. The van der Waals surface area contributed by atoms with Crippen LogP contribution in [0.5, 0.6) is 0 Å². The molecule has 2 aromatic carbocycles. The van der Waals surface area contributed by atoms with Gasteiger partial charge in [0.1, 0.15) is 5.82 Å². The Morgan fingerprint density at radius 3 is 2.21 bits per heavy atom. The van der Waals surface area contributed by atoms with Gasteiger partial charge in [0.05, 0.1) is 5.69 Å². The molecular formula is C25H34N2OSi. The summed E-state index contributed by atoms with van der Waals surface area (Å²) in [6.45, 7) is 14.4. The van der Waals surface area contributed by atoms with E-state index < -0.39 is 8.32 Å². The first-order chi connectivity index (χ1) is 13.7. The van der Waals surface area contributed by atoms with Crippen molar-refractivity contribution in [2.45, 2.75) is 58.7 Å². The maximum absolute atomic E-state index is 6.33. The highest BCUT2D eigenvalue weighted by atomic mass is 28.4. The highest BCUT2D eigenvalue weighted by Crippen LogP contribution is 2.36. The number of rotatable bonds is 7. The monoisotopic (exact) mass is 406 g/mol. The molecule has 1 aromatic heterocycles. The predicted molar refractivity (Wildman–Crippen MR) is 125 cm³/mol. The first kappa shape index (κ1) is 21.5. The van der Waals surface area contributed by atoms with Crippen molar-refractivity contribution in [1.82, 2.24) is 9.55 Å². The average Bonchev–Trinajstić information content (AvgIpc) is 3.13. The zero-order valence-corrected chi connectivity index (χ0v) is 19.7. The molecule has 0 aliphatic rings. The lowest BCUT2D eigenvalue weighted by Crippen LogP contribution is -2.41. The molecule has 0 radical (unpaired) electrons. The molecule has 0 saturated heterocycles. The third-order valence-corrected chi connectivity index (χ3v) is 10.6. The van der Waals surface area contributed by atoms with Gasteiger partial charge in [-0.25, -0.2) is 4.98 Å². The molecule has 154 valence electrons. The molecular weight excluding hydrogens is 372 g/mol. The minimum Gasteiger partial charge on any atom is -0.416 e. The zero-order chi connectivity index (χ0) is 21.1. The fourth-order valence-corrected chi connectivity index (χ4v) is 4.15. The van der Waals surface area contributed by atoms with E-state index in [1.807, 2.05) is 6.07 Å². The van der Waals surface area contributed by atoms with Crippen LogP contribution >= 0.6 is 0 Å². The summed E-state index contributed by atoms with van der Waals surface area (Å²) in [5, 5.41) is 0.255. The molecule has 3 rings (SSSR count). The topological polar surface area (TPSA) is 27.1 Å². The molecule has 0 spiro atoms. The quantitative estimate of drug-likeness (QED) is 0.410. The Labute approximate surface area is 176 Å². The Kier molecular flexibility index (Phi) is 6.44. The molecule has 3 nitrogen and oxygen atoms in total. The van der Waals surface area contributed by atoms with E-state index in [0.717, 1.165) is 42.2 Å². The number of hydrogen-bond donors (Lipinski definition) is 0. The first-order valence-electron chi connectivity index (χ1n) is 10.6. The van der Waals surface area contributed by atoms with Gasteiger partial charge in [-0.1, -0.05) is 70.2 Å². The summed E-state index contributed by atoms with van der Waals surface area (Å²) in [7, 11) is -1.68. The summed E-state index contributed by atoms with van der Waals surface area (Å²) in [6.07, 6.45) is 3.99. The molecule has 3 aromatic rings. The van der Waals surface area contributed by atoms with Crippen LogP contribution in [0, 0.1) is 0 Å². The van der Waals surface area contributed by atoms with Crippen LogP contribution in [0.1, 0.15) is 39.1 Å². The molecule has 1 heterocycles. The van der Waals surface area contributed by atoms with Crippen molar-refractivity contribution in [1.29, 1.82) is 0 Å². The molecule has 0 bridgehead atoms. The zero-order valence-electron chi connectivity index (χ0n) is 18.7. The lowest BCUT2D eigenvalue weighted by atomic mass is 10.1. The SMILES string of the molecule is CCc1nc(-c2ccccc2)cn1-c1ccc(CCO[Si](C)(C)C(C)(C)C)cc1. The van der Waals surface area contributed by atoms with E-state index >= 15 is 0 Å². The second kappa shape index (κ2) is 8.68. The van der Waals surface area contributed by atoms with Gasteiger partial charge in [0, 0.05) is 30.5 Å². The van der Waals surface area contributed by atoms with Gasteiger partial charge in [-0.15, -0.1) is 0 Å². The van der Waals surface area contributed by atoms with Gasteiger partial charge >= 0.3 is 0 Å². The van der Waals surface area contributed by atoms with E-state index in [-0.39, 0.29) is 5.04 Å².